The lowest BCUT2D eigenvalue weighted by Crippen LogP contribution is -2.46. The zero-order chi connectivity index (χ0) is 15.9. The molecule has 1 atom stereocenters. The highest BCUT2D eigenvalue weighted by Gasteiger charge is 2.23. The Hall–Kier alpha value is -0.690. The summed E-state index contributed by atoms with van der Waals surface area (Å²) in [6.45, 7) is 7.56. The van der Waals surface area contributed by atoms with Gasteiger partial charge in [-0.3, -0.25) is 9.69 Å². The van der Waals surface area contributed by atoms with Gasteiger partial charge in [0.1, 0.15) is 0 Å². The molecule has 3 N–H and O–H groups in total. The van der Waals surface area contributed by atoms with E-state index in [1.54, 1.807) is 0 Å². The maximum absolute atomic E-state index is 11.6. The number of likely N-dealkylation sites (tertiary alicyclic amines) is 1. The summed E-state index contributed by atoms with van der Waals surface area (Å²) < 4.78 is 0. The van der Waals surface area contributed by atoms with E-state index in [9.17, 15) is 4.79 Å². The van der Waals surface area contributed by atoms with E-state index in [2.05, 4.69) is 29.0 Å². The van der Waals surface area contributed by atoms with Crippen LogP contribution in [-0.4, -0.2) is 41.5 Å². The van der Waals surface area contributed by atoms with Gasteiger partial charge < -0.3 is 11.1 Å². The first-order valence-electron chi connectivity index (χ1n) is 8.25. The van der Waals surface area contributed by atoms with Crippen molar-refractivity contribution in [3.8, 4) is 0 Å². The molecule has 1 saturated heterocycles. The summed E-state index contributed by atoms with van der Waals surface area (Å²) in [5.74, 6) is 0.555. The highest BCUT2D eigenvalue weighted by molar-refractivity contribution is 7.11. The van der Waals surface area contributed by atoms with Gasteiger partial charge in [0, 0.05) is 49.1 Å². The van der Waals surface area contributed by atoms with Crippen LogP contribution in [0.2, 0.25) is 0 Å². The lowest BCUT2D eigenvalue weighted by atomic mass is 10.0. The number of piperidine rings is 1. The number of hydrogen-bond acceptors (Lipinski definition) is 5. The van der Waals surface area contributed by atoms with Gasteiger partial charge in [-0.25, -0.2) is 4.98 Å². The molecule has 0 aliphatic carbocycles. The van der Waals surface area contributed by atoms with Gasteiger partial charge in [-0.05, 0) is 19.4 Å². The smallest absolute Gasteiger partial charge is 0.221 e. The van der Waals surface area contributed by atoms with Gasteiger partial charge in [0.15, 0.2) is 0 Å². The predicted octanol–water partition coefficient (Wildman–Crippen LogP) is 2.51. The standard InChI is InChI=1S/C16H28N4OS.ClH/c1-12(2)16-19-10-14(22-16)11-20-8-4-3-5-13(20)9-18-15(21)6-7-17;/h10,12-13H,3-9,11,17H2,1-2H3,(H,18,21);1H. The maximum atomic E-state index is 11.6. The molecular formula is C16H29ClN4OS. The average Bonchev–Trinajstić information content (AvgIpc) is 2.95. The Labute approximate surface area is 149 Å². The molecule has 7 heteroatoms. The monoisotopic (exact) mass is 360 g/mol. The van der Waals surface area contributed by atoms with E-state index in [1.807, 2.05) is 17.5 Å². The van der Waals surface area contributed by atoms with Crippen LogP contribution in [0.5, 0.6) is 0 Å². The Kier molecular flexibility index (Phi) is 9.06. The van der Waals surface area contributed by atoms with E-state index in [1.165, 1.54) is 22.7 Å². The first-order valence-corrected chi connectivity index (χ1v) is 9.07. The van der Waals surface area contributed by atoms with Crippen LogP contribution in [0.25, 0.3) is 0 Å². The lowest BCUT2D eigenvalue weighted by Gasteiger charge is -2.35. The van der Waals surface area contributed by atoms with Crippen LogP contribution in [-0.2, 0) is 11.3 Å². The molecule has 132 valence electrons. The summed E-state index contributed by atoms with van der Waals surface area (Å²) in [6, 6.07) is 0.431. The van der Waals surface area contributed by atoms with Gasteiger partial charge in [0.25, 0.3) is 0 Å². The predicted molar refractivity (Wildman–Crippen MR) is 98.2 cm³/mol. The van der Waals surface area contributed by atoms with Gasteiger partial charge in [-0.2, -0.15) is 0 Å². The van der Waals surface area contributed by atoms with E-state index >= 15 is 0 Å². The van der Waals surface area contributed by atoms with Gasteiger partial charge in [0.05, 0.1) is 5.01 Å². The first kappa shape index (κ1) is 20.4. The van der Waals surface area contributed by atoms with Crippen molar-refractivity contribution < 1.29 is 4.79 Å². The number of nitrogens with one attached hydrogen (secondary N) is 1. The Morgan fingerprint density at radius 1 is 1.52 bits per heavy atom. The van der Waals surface area contributed by atoms with E-state index in [-0.39, 0.29) is 18.3 Å². The number of carbonyl (C=O) groups is 1. The molecule has 1 fully saturated rings. The van der Waals surface area contributed by atoms with E-state index in [4.69, 9.17) is 5.73 Å². The number of thiazole rings is 1. The van der Waals surface area contributed by atoms with Crippen LogP contribution in [0.4, 0.5) is 0 Å². The number of halogens is 1. The second kappa shape index (κ2) is 10.2. The quantitative estimate of drug-likeness (QED) is 0.783. The second-order valence-electron chi connectivity index (χ2n) is 6.28. The van der Waals surface area contributed by atoms with Gasteiger partial charge in [-0.15, -0.1) is 23.7 Å². The van der Waals surface area contributed by atoms with Crippen LogP contribution in [0.1, 0.15) is 55.3 Å². The van der Waals surface area contributed by atoms with Crippen LogP contribution >= 0.6 is 23.7 Å². The SMILES string of the molecule is CC(C)c1ncc(CN2CCCCC2CNC(=O)CCN)s1.Cl. The molecule has 2 rings (SSSR count). The first-order chi connectivity index (χ1) is 10.6. The number of hydrogen-bond donors (Lipinski definition) is 2. The van der Waals surface area contributed by atoms with Crippen molar-refractivity contribution in [1.82, 2.24) is 15.2 Å². The van der Waals surface area contributed by atoms with Crippen LogP contribution in [0.15, 0.2) is 6.20 Å². The zero-order valence-electron chi connectivity index (χ0n) is 14.1. The molecule has 1 aromatic rings. The molecule has 5 nitrogen and oxygen atoms in total. The van der Waals surface area contributed by atoms with Crippen molar-refractivity contribution in [2.24, 2.45) is 5.73 Å². The largest absolute Gasteiger partial charge is 0.354 e. The van der Waals surface area contributed by atoms with Crippen molar-refractivity contribution in [1.29, 1.82) is 0 Å². The molecule has 0 radical (unpaired) electrons. The molecule has 1 unspecified atom stereocenters. The third kappa shape index (κ3) is 6.37. The number of aromatic nitrogens is 1. The Balaban J connectivity index is 0.00000264. The second-order valence-corrected chi connectivity index (χ2v) is 7.43. The molecule has 1 aromatic heterocycles. The summed E-state index contributed by atoms with van der Waals surface area (Å²) in [5, 5.41) is 4.23. The molecule has 2 heterocycles. The van der Waals surface area contributed by atoms with E-state index < -0.39 is 0 Å². The van der Waals surface area contributed by atoms with Gasteiger partial charge in [-0.1, -0.05) is 20.3 Å². The molecule has 1 amide bonds. The van der Waals surface area contributed by atoms with Crippen molar-refractivity contribution in [2.75, 3.05) is 19.6 Å². The Morgan fingerprint density at radius 3 is 2.96 bits per heavy atom. The summed E-state index contributed by atoms with van der Waals surface area (Å²) in [4.78, 5) is 19.9. The fourth-order valence-corrected chi connectivity index (χ4v) is 3.76. The number of nitrogens with two attached hydrogens (primary N) is 1. The third-order valence-corrected chi connectivity index (χ3v) is 5.36. The molecule has 23 heavy (non-hydrogen) atoms. The van der Waals surface area contributed by atoms with E-state index in [0.29, 0.717) is 24.9 Å². The zero-order valence-corrected chi connectivity index (χ0v) is 15.7. The Morgan fingerprint density at radius 2 is 2.30 bits per heavy atom. The topological polar surface area (TPSA) is 71.2 Å². The summed E-state index contributed by atoms with van der Waals surface area (Å²) in [7, 11) is 0. The fraction of sp³-hybridized carbons (Fsp3) is 0.750. The van der Waals surface area contributed by atoms with Gasteiger partial charge in [0.2, 0.25) is 5.91 Å². The molecule has 1 aliphatic heterocycles. The average molecular weight is 361 g/mol. The maximum Gasteiger partial charge on any atom is 0.221 e. The van der Waals surface area contributed by atoms with Crippen LogP contribution in [0.3, 0.4) is 0 Å². The summed E-state index contributed by atoms with van der Waals surface area (Å²) in [5.41, 5.74) is 5.42. The molecule has 0 bridgehead atoms. The number of amides is 1. The van der Waals surface area contributed by atoms with Crippen LogP contribution in [0, 0.1) is 0 Å². The van der Waals surface area contributed by atoms with Gasteiger partial charge >= 0.3 is 0 Å². The minimum Gasteiger partial charge on any atom is -0.354 e. The number of rotatable bonds is 7. The number of carbonyl (C=O) groups excluding carboxylic acids is 1. The highest BCUT2D eigenvalue weighted by Crippen LogP contribution is 2.25. The normalized spacial score (nSPS) is 18.7. The van der Waals surface area contributed by atoms with Crippen molar-refractivity contribution in [3.05, 3.63) is 16.1 Å². The fourth-order valence-electron chi connectivity index (χ4n) is 2.81. The molecule has 0 spiro atoms. The highest BCUT2D eigenvalue weighted by atomic mass is 35.5. The summed E-state index contributed by atoms with van der Waals surface area (Å²) >= 11 is 1.81. The van der Waals surface area contributed by atoms with Crippen LogP contribution < -0.4 is 11.1 Å². The lowest BCUT2D eigenvalue weighted by molar-refractivity contribution is -0.121. The van der Waals surface area contributed by atoms with E-state index in [0.717, 1.165) is 26.1 Å². The number of nitrogens with zero attached hydrogens (tertiary/aromatic N) is 2. The third-order valence-electron chi connectivity index (χ3n) is 4.08. The summed E-state index contributed by atoms with van der Waals surface area (Å²) in [6.07, 6.45) is 6.06. The molecular weight excluding hydrogens is 332 g/mol. The minimum absolute atomic E-state index is 0. The Bertz CT molecular complexity index is 480. The van der Waals surface area contributed by atoms with Crippen molar-refractivity contribution in [2.45, 2.75) is 58.0 Å². The molecule has 0 aromatic carbocycles. The minimum atomic E-state index is 0. The van der Waals surface area contributed by atoms with Crippen molar-refractivity contribution in [3.63, 3.8) is 0 Å². The molecule has 1 aliphatic rings. The van der Waals surface area contributed by atoms with Crippen molar-refractivity contribution >= 4 is 29.7 Å². The molecule has 0 saturated carbocycles.